The Morgan fingerprint density at radius 1 is 1.50 bits per heavy atom. The van der Waals surface area contributed by atoms with Crippen molar-refractivity contribution >= 4 is 6.16 Å². The number of carbonyl (C=O) groups is 1. The smallest absolute Gasteiger partial charge is 0.419 e. The van der Waals surface area contributed by atoms with E-state index in [1.165, 1.54) is 0 Å². The summed E-state index contributed by atoms with van der Waals surface area (Å²) in [6, 6.07) is 0. The highest BCUT2D eigenvalue weighted by Crippen LogP contribution is 2.33. The highest BCUT2D eigenvalue weighted by atomic mass is 16.8. The Balaban J connectivity index is 2.42. The summed E-state index contributed by atoms with van der Waals surface area (Å²) >= 11 is 0. The summed E-state index contributed by atoms with van der Waals surface area (Å²) in [7, 11) is 0. The van der Waals surface area contributed by atoms with Gasteiger partial charge in [-0.25, -0.2) is 4.79 Å². The van der Waals surface area contributed by atoms with Gasteiger partial charge < -0.3 is 9.47 Å². The van der Waals surface area contributed by atoms with E-state index in [-0.39, 0.29) is 0 Å². The maximum Gasteiger partial charge on any atom is 0.514 e. The van der Waals surface area contributed by atoms with Crippen LogP contribution in [0.5, 0.6) is 0 Å². The highest BCUT2D eigenvalue weighted by molar-refractivity contribution is 5.66. The molecular weight excluding hydrogens is 180 g/mol. The second-order valence-electron chi connectivity index (χ2n) is 4.39. The summed E-state index contributed by atoms with van der Waals surface area (Å²) < 4.78 is 9.86. The molecule has 0 saturated carbocycles. The van der Waals surface area contributed by atoms with Crippen LogP contribution in [0.3, 0.4) is 0 Å². The number of cyclic esters (lactones) is 2. The molecule has 1 saturated heterocycles. The lowest BCUT2D eigenvalue weighted by molar-refractivity contribution is 0.0693. The van der Waals surface area contributed by atoms with Crippen LogP contribution in [-0.2, 0) is 9.47 Å². The summed E-state index contributed by atoms with van der Waals surface area (Å²) in [5.41, 5.74) is -0.605. The van der Waals surface area contributed by atoms with Crippen LogP contribution in [0.4, 0.5) is 4.79 Å². The Hall–Kier alpha value is -0.990. The van der Waals surface area contributed by atoms with Crippen molar-refractivity contribution in [3.63, 3.8) is 0 Å². The SMILES string of the molecule is C=C1OC(=O)OC1(C)CCCC(C)C. The second-order valence-corrected chi connectivity index (χ2v) is 4.39. The van der Waals surface area contributed by atoms with Gasteiger partial charge in [0.05, 0.1) is 0 Å². The molecule has 80 valence electrons. The van der Waals surface area contributed by atoms with E-state index in [0.717, 1.165) is 19.3 Å². The van der Waals surface area contributed by atoms with Crippen molar-refractivity contribution in [3.8, 4) is 0 Å². The summed E-state index contributed by atoms with van der Waals surface area (Å²) in [5.74, 6) is 1.11. The van der Waals surface area contributed by atoms with Gasteiger partial charge in [-0.05, 0) is 25.7 Å². The molecule has 0 spiro atoms. The first kappa shape index (κ1) is 11.1. The van der Waals surface area contributed by atoms with E-state index in [1.807, 2.05) is 6.92 Å². The molecule has 1 heterocycles. The van der Waals surface area contributed by atoms with Gasteiger partial charge in [-0.2, -0.15) is 0 Å². The number of ether oxygens (including phenoxy) is 2. The molecule has 1 atom stereocenters. The zero-order valence-electron chi connectivity index (χ0n) is 9.13. The van der Waals surface area contributed by atoms with Crippen molar-refractivity contribution in [2.75, 3.05) is 0 Å². The van der Waals surface area contributed by atoms with Crippen molar-refractivity contribution in [3.05, 3.63) is 12.3 Å². The molecule has 0 aliphatic carbocycles. The fourth-order valence-corrected chi connectivity index (χ4v) is 1.51. The molecule has 1 aliphatic heterocycles. The third kappa shape index (κ3) is 2.50. The van der Waals surface area contributed by atoms with Gasteiger partial charge in [0.15, 0.2) is 5.60 Å². The molecule has 0 amide bonds. The number of carbonyl (C=O) groups excluding carboxylic acids is 1. The molecule has 0 N–H and O–H groups in total. The van der Waals surface area contributed by atoms with Crippen LogP contribution in [0.1, 0.15) is 40.0 Å². The lowest BCUT2D eigenvalue weighted by Gasteiger charge is -2.20. The van der Waals surface area contributed by atoms with Crippen molar-refractivity contribution in [2.24, 2.45) is 5.92 Å². The molecular formula is C11H18O3. The van der Waals surface area contributed by atoms with E-state index >= 15 is 0 Å². The Morgan fingerprint density at radius 3 is 2.57 bits per heavy atom. The van der Waals surface area contributed by atoms with Crippen molar-refractivity contribution in [1.82, 2.24) is 0 Å². The molecule has 3 nitrogen and oxygen atoms in total. The standard InChI is InChI=1S/C11H18O3/c1-8(2)6-5-7-11(4)9(3)13-10(12)14-11/h8H,3,5-7H2,1-2,4H3. The first-order valence-electron chi connectivity index (χ1n) is 5.04. The predicted molar refractivity (Wildman–Crippen MR) is 53.8 cm³/mol. The summed E-state index contributed by atoms with van der Waals surface area (Å²) in [5, 5.41) is 0. The normalized spacial score (nSPS) is 26.6. The zero-order valence-corrected chi connectivity index (χ0v) is 9.13. The zero-order chi connectivity index (χ0) is 10.8. The van der Waals surface area contributed by atoms with Gasteiger partial charge in [0, 0.05) is 0 Å². The first-order chi connectivity index (χ1) is 6.44. The minimum atomic E-state index is -0.623. The van der Waals surface area contributed by atoms with Crippen LogP contribution in [0.15, 0.2) is 12.3 Å². The van der Waals surface area contributed by atoms with Crippen LogP contribution >= 0.6 is 0 Å². The van der Waals surface area contributed by atoms with Crippen molar-refractivity contribution in [1.29, 1.82) is 0 Å². The average Bonchev–Trinajstić information content (AvgIpc) is 2.25. The van der Waals surface area contributed by atoms with Gasteiger partial charge in [0.1, 0.15) is 5.76 Å². The van der Waals surface area contributed by atoms with Crippen LogP contribution in [0, 0.1) is 5.92 Å². The van der Waals surface area contributed by atoms with Crippen LogP contribution in [0.25, 0.3) is 0 Å². The number of hydrogen-bond donors (Lipinski definition) is 0. The summed E-state index contributed by atoms with van der Waals surface area (Å²) in [6.07, 6.45) is 2.31. The maximum atomic E-state index is 10.9. The molecule has 0 aromatic rings. The molecule has 3 heteroatoms. The monoisotopic (exact) mass is 198 g/mol. The number of hydrogen-bond acceptors (Lipinski definition) is 3. The topological polar surface area (TPSA) is 35.5 Å². The third-order valence-corrected chi connectivity index (χ3v) is 2.54. The molecule has 0 radical (unpaired) electrons. The molecule has 0 aromatic carbocycles. The lowest BCUT2D eigenvalue weighted by Crippen LogP contribution is -2.25. The van der Waals surface area contributed by atoms with Gasteiger partial charge in [-0.1, -0.05) is 26.8 Å². The molecule has 1 fully saturated rings. The van der Waals surface area contributed by atoms with Gasteiger partial charge in [-0.15, -0.1) is 0 Å². The van der Waals surface area contributed by atoms with Crippen molar-refractivity contribution < 1.29 is 14.3 Å². The van der Waals surface area contributed by atoms with Crippen LogP contribution in [0.2, 0.25) is 0 Å². The molecule has 14 heavy (non-hydrogen) atoms. The molecule has 0 bridgehead atoms. The van der Waals surface area contributed by atoms with Gasteiger partial charge in [0.25, 0.3) is 0 Å². The fraction of sp³-hybridized carbons (Fsp3) is 0.727. The van der Waals surface area contributed by atoms with Gasteiger partial charge in [0.2, 0.25) is 0 Å². The molecule has 1 aliphatic rings. The highest BCUT2D eigenvalue weighted by Gasteiger charge is 2.41. The van der Waals surface area contributed by atoms with E-state index in [0.29, 0.717) is 11.7 Å². The van der Waals surface area contributed by atoms with Crippen molar-refractivity contribution in [2.45, 2.75) is 45.6 Å². The van der Waals surface area contributed by atoms with E-state index in [4.69, 9.17) is 9.47 Å². The van der Waals surface area contributed by atoms with E-state index in [1.54, 1.807) is 0 Å². The minimum absolute atomic E-state index is 0.436. The third-order valence-electron chi connectivity index (χ3n) is 2.54. The Morgan fingerprint density at radius 2 is 2.14 bits per heavy atom. The average molecular weight is 198 g/mol. The summed E-state index contributed by atoms with van der Waals surface area (Å²) in [6.45, 7) is 9.89. The predicted octanol–water partition coefficient (Wildman–Crippen LogP) is 3.25. The minimum Gasteiger partial charge on any atom is -0.419 e. The van der Waals surface area contributed by atoms with E-state index < -0.39 is 11.8 Å². The molecule has 1 unspecified atom stereocenters. The molecule has 1 rings (SSSR count). The van der Waals surface area contributed by atoms with Crippen LogP contribution < -0.4 is 0 Å². The fourth-order valence-electron chi connectivity index (χ4n) is 1.51. The maximum absolute atomic E-state index is 10.9. The largest absolute Gasteiger partial charge is 0.514 e. The Kier molecular flexibility index (Phi) is 3.19. The second kappa shape index (κ2) is 4.03. The molecule has 0 aromatic heterocycles. The Labute approximate surface area is 85.1 Å². The van der Waals surface area contributed by atoms with E-state index in [9.17, 15) is 4.79 Å². The Bertz CT molecular complexity index is 245. The van der Waals surface area contributed by atoms with E-state index in [2.05, 4.69) is 20.4 Å². The summed E-state index contributed by atoms with van der Waals surface area (Å²) in [4.78, 5) is 10.9. The van der Waals surface area contributed by atoms with Crippen LogP contribution in [-0.4, -0.2) is 11.8 Å². The number of rotatable bonds is 4. The lowest BCUT2D eigenvalue weighted by atomic mass is 9.95. The first-order valence-corrected chi connectivity index (χ1v) is 5.04. The van der Waals surface area contributed by atoms with Gasteiger partial charge in [-0.3, -0.25) is 0 Å². The quantitative estimate of drug-likeness (QED) is 0.650. The van der Waals surface area contributed by atoms with Gasteiger partial charge >= 0.3 is 6.16 Å².